The number of carbonyl (C=O) groups excluding carboxylic acids is 1. The lowest BCUT2D eigenvalue weighted by molar-refractivity contribution is 0.0699. The molecule has 2 heterocycles. The van der Waals surface area contributed by atoms with Gasteiger partial charge in [-0.2, -0.15) is 0 Å². The monoisotopic (exact) mass is 393 g/mol. The average molecular weight is 394 g/mol. The molecule has 128 valence electrons. The lowest BCUT2D eigenvalue weighted by atomic mass is 10.0. The molecule has 0 aliphatic heterocycles. The third-order valence-electron chi connectivity index (χ3n) is 3.48. The smallest absolute Gasteiger partial charge is 0.339 e. The minimum absolute atomic E-state index is 0.0508. The predicted molar refractivity (Wildman–Crippen MR) is 101 cm³/mol. The molecule has 0 spiro atoms. The van der Waals surface area contributed by atoms with E-state index in [0.717, 1.165) is 11.3 Å². The molecule has 2 N–H and O–H groups in total. The highest BCUT2D eigenvalue weighted by atomic mass is 35.5. The van der Waals surface area contributed by atoms with Crippen molar-refractivity contribution in [3.05, 3.63) is 56.6 Å². The van der Waals surface area contributed by atoms with Crippen molar-refractivity contribution in [1.82, 2.24) is 0 Å². The van der Waals surface area contributed by atoms with E-state index in [-0.39, 0.29) is 10.6 Å². The number of anilines is 1. The minimum Gasteiger partial charge on any atom is -0.495 e. The molecule has 25 heavy (non-hydrogen) atoms. The summed E-state index contributed by atoms with van der Waals surface area (Å²) in [4.78, 5) is 24.2. The van der Waals surface area contributed by atoms with Crippen LogP contribution in [0.1, 0.15) is 20.7 Å². The zero-order chi connectivity index (χ0) is 18.0. The summed E-state index contributed by atoms with van der Waals surface area (Å²) in [5.74, 6) is -1.07. The normalized spacial score (nSPS) is 10.5. The van der Waals surface area contributed by atoms with Crippen LogP contribution in [0.25, 0.3) is 11.1 Å². The zero-order valence-corrected chi connectivity index (χ0v) is 15.3. The number of aromatic carboxylic acids is 1. The molecule has 1 amide bonds. The Balaban J connectivity index is 1.96. The summed E-state index contributed by atoms with van der Waals surface area (Å²) >= 11 is 8.37. The number of thiophene rings is 2. The molecule has 3 aromatic rings. The highest BCUT2D eigenvalue weighted by Crippen LogP contribution is 2.36. The maximum Gasteiger partial charge on any atom is 0.339 e. The van der Waals surface area contributed by atoms with Gasteiger partial charge >= 0.3 is 5.97 Å². The van der Waals surface area contributed by atoms with Gasteiger partial charge in [-0.15, -0.1) is 22.7 Å². The number of halogens is 1. The fraction of sp³-hybridized carbons (Fsp3) is 0.0588. The Bertz CT molecular complexity index is 931. The summed E-state index contributed by atoms with van der Waals surface area (Å²) < 4.78 is 5.13. The van der Waals surface area contributed by atoms with Crippen LogP contribution in [0.5, 0.6) is 5.75 Å². The third kappa shape index (κ3) is 3.53. The molecule has 1 aromatic carbocycles. The van der Waals surface area contributed by atoms with E-state index in [4.69, 9.17) is 16.3 Å². The second-order valence-electron chi connectivity index (χ2n) is 4.97. The SMILES string of the molecule is COc1cscc1C(=O)Nc1scc(-c2ccc(Cl)cc2)c1C(=O)O. The summed E-state index contributed by atoms with van der Waals surface area (Å²) in [6, 6.07) is 6.86. The van der Waals surface area contributed by atoms with Gasteiger partial charge < -0.3 is 15.2 Å². The number of carboxylic acid groups (broad SMARTS) is 1. The molecule has 3 rings (SSSR count). The molecule has 0 bridgehead atoms. The van der Waals surface area contributed by atoms with Gasteiger partial charge in [0.2, 0.25) is 0 Å². The highest BCUT2D eigenvalue weighted by molar-refractivity contribution is 7.15. The molecule has 0 aliphatic carbocycles. The summed E-state index contributed by atoms with van der Waals surface area (Å²) in [6.07, 6.45) is 0. The Labute approximate surface area is 156 Å². The summed E-state index contributed by atoms with van der Waals surface area (Å²) in [7, 11) is 1.48. The van der Waals surface area contributed by atoms with Gasteiger partial charge in [-0.05, 0) is 17.7 Å². The second kappa shape index (κ2) is 7.26. The van der Waals surface area contributed by atoms with Crippen LogP contribution in [0.4, 0.5) is 5.00 Å². The van der Waals surface area contributed by atoms with Crippen LogP contribution in [0.3, 0.4) is 0 Å². The van der Waals surface area contributed by atoms with E-state index in [1.165, 1.54) is 18.4 Å². The van der Waals surface area contributed by atoms with E-state index in [0.29, 0.717) is 27.5 Å². The summed E-state index contributed by atoms with van der Waals surface area (Å²) in [5.41, 5.74) is 1.66. The Morgan fingerprint density at radius 3 is 2.52 bits per heavy atom. The van der Waals surface area contributed by atoms with Crippen molar-refractivity contribution in [2.24, 2.45) is 0 Å². The largest absolute Gasteiger partial charge is 0.495 e. The average Bonchev–Trinajstić information content (AvgIpc) is 3.22. The molecule has 0 atom stereocenters. The number of carboxylic acids is 1. The highest BCUT2D eigenvalue weighted by Gasteiger charge is 2.22. The molecule has 8 heteroatoms. The van der Waals surface area contributed by atoms with E-state index < -0.39 is 11.9 Å². The molecule has 2 aromatic heterocycles. The van der Waals surface area contributed by atoms with Gasteiger partial charge in [0.05, 0.1) is 12.7 Å². The van der Waals surface area contributed by atoms with Crippen LogP contribution in [0.2, 0.25) is 5.02 Å². The summed E-state index contributed by atoms with van der Waals surface area (Å²) in [6.45, 7) is 0. The van der Waals surface area contributed by atoms with Crippen molar-refractivity contribution in [2.45, 2.75) is 0 Å². The van der Waals surface area contributed by atoms with E-state index in [1.54, 1.807) is 40.4 Å². The van der Waals surface area contributed by atoms with Crippen LogP contribution in [0, 0.1) is 0 Å². The van der Waals surface area contributed by atoms with Crippen molar-refractivity contribution in [2.75, 3.05) is 12.4 Å². The fourth-order valence-corrected chi connectivity index (χ4v) is 4.14. The van der Waals surface area contributed by atoms with Gasteiger partial charge in [0, 0.05) is 26.7 Å². The van der Waals surface area contributed by atoms with Crippen LogP contribution < -0.4 is 10.1 Å². The van der Waals surface area contributed by atoms with Gasteiger partial charge in [-0.3, -0.25) is 4.79 Å². The predicted octanol–water partition coefficient (Wildman–Crippen LogP) is 5.09. The van der Waals surface area contributed by atoms with E-state index >= 15 is 0 Å². The van der Waals surface area contributed by atoms with Crippen molar-refractivity contribution in [3.63, 3.8) is 0 Å². The first-order valence-electron chi connectivity index (χ1n) is 7.03. The topological polar surface area (TPSA) is 75.6 Å². The molecule has 0 radical (unpaired) electrons. The molecule has 0 aliphatic rings. The van der Waals surface area contributed by atoms with Crippen LogP contribution >= 0.6 is 34.3 Å². The van der Waals surface area contributed by atoms with Crippen molar-refractivity contribution in [1.29, 1.82) is 0 Å². The standard InChI is InChI=1S/C17H12ClNO4S2/c1-23-13-8-24-6-12(13)15(20)19-16-14(17(21)22)11(7-25-16)9-2-4-10(18)5-3-9/h2-8H,1H3,(H,19,20)(H,21,22). The number of nitrogens with one attached hydrogen (secondary N) is 1. The lowest BCUT2D eigenvalue weighted by Gasteiger charge is -2.06. The van der Waals surface area contributed by atoms with Gasteiger partial charge in [0.15, 0.2) is 0 Å². The maximum atomic E-state index is 12.4. The fourth-order valence-electron chi connectivity index (χ4n) is 2.28. The Morgan fingerprint density at radius 2 is 1.88 bits per heavy atom. The first-order valence-corrected chi connectivity index (χ1v) is 9.23. The second-order valence-corrected chi connectivity index (χ2v) is 7.03. The van der Waals surface area contributed by atoms with Gasteiger partial charge in [0.1, 0.15) is 16.3 Å². The van der Waals surface area contributed by atoms with Gasteiger partial charge in [-0.25, -0.2) is 4.79 Å². The van der Waals surface area contributed by atoms with Crippen LogP contribution in [0.15, 0.2) is 40.4 Å². The third-order valence-corrected chi connectivity index (χ3v) is 5.35. The number of methoxy groups -OCH3 is 1. The molecule has 0 saturated carbocycles. The van der Waals surface area contributed by atoms with E-state index in [9.17, 15) is 14.7 Å². The number of hydrogen-bond acceptors (Lipinski definition) is 5. The molecule has 0 unspecified atom stereocenters. The molecular weight excluding hydrogens is 382 g/mol. The van der Waals surface area contributed by atoms with E-state index in [2.05, 4.69) is 5.32 Å². The maximum absolute atomic E-state index is 12.4. The number of benzene rings is 1. The van der Waals surface area contributed by atoms with Gasteiger partial charge in [0.25, 0.3) is 5.91 Å². The van der Waals surface area contributed by atoms with E-state index in [1.807, 2.05) is 0 Å². The minimum atomic E-state index is -1.11. The Kier molecular flexibility index (Phi) is 5.08. The van der Waals surface area contributed by atoms with Crippen LogP contribution in [-0.2, 0) is 0 Å². The first-order chi connectivity index (χ1) is 12.0. The lowest BCUT2D eigenvalue weighted by Crippen LogP contribution is -2.13. The van der Waals surface area contributed by atoms with Crippen LogP contribution in [-0.4, -0.2) is 24.1 Å². The zero-order valence-electron chi connectivity index (χ0n) is 12.9. The summed E-state index contributed by atoms with van der Waals surface area (Å²) in [5, 5.41) is 18.2. The number of hydrogen-bond donors (Lipinski definition) is 2. The Hall–Kier alpha value is -2.35. The van der Waals surface area contributed by atoms with Crippen molar-refractivity contribution in [3.8, 4) is 16.9 Å². The molecular formula is C17H12ClNO4S2. The number of carbonyl (C=O) groups is 2. The van der Waals surface area contributed by atoms with Gasteiger partial charge in [-0.1, -0.05) is 23.7 Å². The quantitative estimate of drug-likeness (QED) is 0.633. The number of rotatable bonds is 5. The number of ether oxygens (including phenoxy) is 1. The Morgan fingerprint density at radius 1 is 1.16 bits per heavy atom. The first kappa shape index (κ1) is 17.5. The molecule has 0 fully saturated rings. The number of amides is 1. The molecule has 5 nitrogen and oxygen atoms in total. The molecule has 0 saturated heterocycles. The van der Waals surface area contributed by atoms with Crippen molar-refractivity contribution >= 4 is 51.2 Å². The van der Waals surface area contributed by atoms with Crippen molar-refractivity contribution < 1.29 is 19.4 Å².